The number of nitrogens with zero attached hydrogens (tertiary/aromatic N) is 2. The fraction of sp³-hybridized carbons (Fsp3) is 0.409. The second-order valence-electron chi connectivity index (χ2n) is 7.65. The first kappa shape index (κ1) is 24.8. The largest absolute Gasteiger partial charge is 0.491 e. The summed E-state index contributed by atoms with van der Waals surface area (Å²) in [5.41, 5.74) is 13.0. The van der Waals surface area contributed by atoms with Crippen LogP contribution in [0.2, 0.25) is 0 Å². The van der Waals surface area contributed by atoms with Crippen molar-refractivity contribution in [3.63, 3.8) is 0 Å². The molecule has 1 aromatic carbocycles. The lowest BCUT2D eigenvalue weighted by Gasteiger charge is -2.20. The normalized spacial score (nSPS) is 11.0. The summed E-state index contributed by atoms with van der Waals surface area (Å²) in [4.78, 5) is 29.0. The molecule has 4 N–H and O–H groups in total. The number of carbonyl (C=O) groups excluding carboxylic acids is 1. The molecule has 0 aliphatic carbocycles. The lowest BCUT2D eigenvalue weighted by atomic mass is 10.1. The van der Waals surface area contributed by atoms with E-state index in [1.165, 1.54) is 11.3 Å². The van der Waals surface area contributed by atoms with Gasteiger partial charge in [0, 0.05) is 29.4 Å². The van der Waals surface area contributed by atoms with Gasteiger partial charge in [-0.2, -0.15) is 0 Å². The molecule has 0 aliphatic heterocycles. The number of carbonyl (C=O) groups is 1. The average Bonchev–Trinajstić information content (AvgIpc) is 3.21. The average molecular weight is 465 g/mol. The molecule has 0 saturated carbocycles. The van der Waals surface area contributed by atoms with Gasteiger partial charge in [-0.1, -0.05) is 33.3 Å². The van der Waals surface area contributed by atoms with Crippen molar-refractivity contribution in [3.8, 4) is 16.3 Å². The second-order valence-corrected chi connectivity index (χ2v) is 8.51. The van der Waals surface area contributed by atoms with Crippen molar-refractivity contribution in [2.75, 3.05) is 6.61 Å². The molecule has 0 atom stereocenters. The van der Waals surface area contributed by atoms with Crippen LogP contribution in [0.15, 0.2) is 28.4 Å². The number of pyridine rings is 1. The van der Waals surface area contributed by atoms with Crippen molar-refractivity contribution in [2.45, 2.75) is 46.7 Å². The zero-order valence-electron chi connectivity index (χ0n) is 18.0. The van der Waals surface area contributed by atoms with Crippen molar-refractivity contribution in [1.82, 2.24) is 9.55 Å². The minimum absolute atomic E-state index is 0. The molecule has 0 saturated heterocycles. The lowest BCUT2D eigenvalue weighted by molar-refractivity contribution is 0.0996. The van der Waals surface area contributed by atoms with Crippen LogP contribution in [-0.2, 0) is 13.1 Å². The van der Waals surface area contributed by atoms with Crippen LogP contribution in [0.5, 0.6) is 5.75 Å². The van der Waals surface area contributed by atoms with E-state index in [0.29, 0.717) is 40.4 Å². The molecule has 0 radical (unpaired) electrons. The highest BCUT2D eigenvalue weighted by Crippen LogP contribution is 2.33. The van der Waals surface area contributed by atoms with Crippen LogP contribution in [0, 0.1) is 5.92 Å². The Labute approximate surface area is 191 Å². The second kappa shape index (κ2) is 10.7. The van der Waals surface area contributed by atoms with Crippen LogP contribution in [0.3, 0.4) is 0 Å². The molecule has 7 nitrogen and oxygen atoms in total. The molecule has 3 aromatic rings. The Morgan fingerprint density at radius 2 is 2.03 bits per heavy atom. The first-order chi connectivity index (χ1) is 14.4. The third kappa shape index (κ3) is 5.26. The Bertz CT molecular complexity index is 1120. The molecule has 1 amide bonds. The Kier molecular flexibility index (Phi) is 8.61. The zero-order chi connectivity index (χ0) is 21.8. The molecule has 168 valence electrons. The minimum Gasteiger partial charge on any atom is -0.491 e. The molecular weight excluding hydrogens is 436 g/mol. The quantitative estimate of drug-likeness (QED) is 0.465. The van der Waals surface area contributed by atoms with E-state index in [9.17, 15) is 9.59 Å². The summed E-state index contributed by atoms with van der Waals surface area (Å²) in [7, 11) is 0. The third-order valence-corrected chi connectivity index (χ3v) is 5.71. The topological polar surface area (TPSA) is 113 Å². The van der Waals surface area contributed by atoms with E-state index in [4.69, 9.17) is 16.2 Å². The molecule has 2 heterocycles. The number of benzene rings is 1. The van der Waals surface area contributed by atoms with Gasteiger partial charge in [-0.25, -0.2) is 4.98 Å². The Hall–Kier alpha value is -2.42. The van der Waals surface area contributed by atoms with E-state index in [2.05, 4.69) is 25.8 Å². The highest BCUT2D eigenvalue weighted by atomic mass is 35.5. The fourth-order valence-electron chi connectivity index (χ4n) is 3.36. The number of nitrogens with two attached hydrogens (primary N) is 2. The summed E-state index contributed by atoms with van der Waals surface area (Å²) in [6.07, 6.45) is 1.91. The van der Waals surface area contributed by atoms with Crippen LogP contribution >= 0.6 is 23.7 Å². The number of primary amides is 1. The summed E-state index contributed by atoms with van der Waals surface area (Å²) < 4.78 is 7.90. The van der Waals surface area contributed by atoms with Gasteiger partial charge in [0.2, 0.25) is 0 Å². The predicted molar refractivity (Wildman–Crippen MR) is 128 cm³/mol. The van der Waals surface area contributed by atoms with Crippen LogP contribution in [-0.4, -0.2) is 22.1 Å². The van der Waals surface area contributed by atoms with Gasteiger partial charge in [0.15, 0.2) is 0 Å². The van der Waals surface area contributed by atoms with Crippen molar-refractivity contribution in [1.29, 1.82) is 0 Å². The molecule has 0 aliphatic rings. The molecule has 2 aromatic heterocycles. The fourth-order valence-corrected chi connectivity index (χ4v) is 4.16. The number of ether oxygens (including phenoxy) is 1. The van der Waals surface area contributed by atoms with E-state index in [-0.39, 0.29) is 36.1 Å². The standard InChI is InChI=1S/C22H28N4O3S.ClH/c1-4-5-8-29-19-16-9-14(21-25-17(12-30-21)20(24)27)6-7-15(16)22(28)26(11-13(2)3)18(19)10-23;/h6-7,9,12-13H,4-5,8,10-11,23H2,1-3H3,(H2,24,27);1H. The van der Waals surface area contributed by atoms with Crippen molar-refractivity contribution in [2.24, 2.45) is 17.4 Å². The van der Waals surface area contributed by atoms with Crippen LogP contribution in [0.4, 0.5) is 0 Å². The number of amides is 1. The van der Waals surface area contributed by atoms with Gasteiger partial charge in [-0.05, 0) is 24.5 Å². The van der Waals surface area contributed by atoms with Crippen LogP contribution in [0.1, 0.15) is 49.8 Å². The number of halogens is 1. The highest BCUT2D eigenvalue weighted by molar-refractivity contribution is 7.13. The Morgan fingerprint density at radius 1 is 1.29 bits per heavy atom. The minimum atomic E-state index is -0.566. The van der Waals surface area contributed by atoms with E-state index in [1.807, 2.05) is 12.1 Å². The van der Waals surface area contributed by atoms with Gasteiger partial charge in [0.05, 0.1) is 17.7 Å². The van der Waals surface area contributed by atoms with Crippen LogP contribution in [0.25, 0.3) is 21.3 Å². The van der Waals surface area contributed by atoms with Crippen molar-refractivity contribution in [3.05, 3.63) is 45.3 Å². The molecule has 0 bridgehead atoms. The Balaban J connectivity index is 0.00000341. The Morgan fingerprint density at radius 3 is 2.61 bits per heavy atom. The van der Waals surface area contributed by atoms with Gasteiger partial charge in [0.25, 0.3) is 11.5 Å². The van der Waals surface area contributed by atoms with Crippen molar-refractivity contribution < 1.29 is 9.53 Å². The first-order valence-electron chi connectivity index (χ1n) is 10.1. The van der Waals surface area contributed by atoms with Gasteiger partial charge >= 0.3 is 0 Å². The molecule has 0 spiro atoms. The number of fused-ring (bicyclic) bond motifs is 1. The maximum Gasteiger partial charge on any atom is 0.268 e. The van der Waals surface area contributed by atoms with E-state index < -0.39 is 5.91 Å². The molecule has 3 rings (SSSR count). The first-order valence-corrected chi connectivity index (χ1v) is 11.0. The maximum absolute atomic E-state index is 13.2. The summed E-state index contributed by atoms with van der Waals surface area (Å²) >= 11 is 1.33. The number of aromatic nitrogens is 2. The van der Waals surface area contributed by atoms with Gasteiger partial charge in [0.1, 0.15) is 16.5 Å². The zero-order valence-corrected chi connectivity index (χ0v) is 19.6. The number of hydrogen-bond acceptors (Lipinski definition) is 6. The predicted octanol–water partition coefficient (Wildman–Crippen LogP) is 3.94. The summed E-state index contributed by atoms with van der Waals surface area (Å²) in [5.74, 6) is 0.370. The molecular formula is C22H29ClN4O3S. The van der Waals surface area contributed by atoms with E-state index in [0.717, 1.165) is 18.4 Å². The number of rotatable bonds is 9. The molecule has 9 heteroatoms. The van der Waals surface area contributed by atoms with Gasteiger partial charge in [-0.3, -0.25) is 9.59 Å². The molecule has 31 heavy (non-hydrogen) atoms. The lowest BCUT2D eigenvalue weighted by Crippen LogP contribution is -2.28. The number of unbranched alkanes of at least 4 members (excludes halogenated alkanes) is 1. The summed E-state index contributed by atoms with van der Waals surface area (Å²) in [6, 6.07) is 5.52. The smallest absolute Gasteiger partial charge is 0.268 e. The van der Waals surface area contributed by atoms with Gasteiger partial charge in [-0.15, -0.1) is 23.7 Å². The van der Waals surface area contributed by atoms with Crippen molar-refractivity contribution >= 4 is 40.4 Å². The number of hydrogen-bond donors (Lipinski definition) is 2. The summed E-state index contributed by atoms with van der Waals surface area (Å²) in [6.45, 7) is 7.55. The third-order valence-electron chi connectivity index (χ3n) is 4.82. The van der Waals surface area contributed by atoms with E-state index >= 15 is 0 Å². The monoisotopic (exact) mass is 464 g/mol. The van der Waals surface area contributed by atoms with E-state index in [1.54, 1.807) is 16.0 Å². The molecule has 0 fully saturated rings. The highest BCUT2D eigenvalue weighted by Gasteiger charge is 2.19. The maximum atomic E-state index is 13.2. The SMILES string of the molecule is CCCCOc1c(CN)n(CC(C)C)c(=O)c2ccc(-c3nc(C(N)=O)cs3)cc12.Cl. The molecule has 0 unspecified atom stereocenters. The number of thiazole rings is 1. The summed E-state index contributed by atoms with van der Waals surface area (Å²) in [5, 5.41) is 3.58. The van der Waals surface area contributed by atoms with Gasteiger partial charge < -0.3 is 20.8 Å². The van der Waals surface area contributed by atoms with Crippen LogP contribution < -0.4 is 21.8 Å².